The van der Waals surface area contributed by atoms with Gasteiger partial charge in [0.1, 0.15) is 5.71 Å². The lowest BCUT2D eigenvalue weighted by Gasteiger charge is -2.10. The molecule has 0 unspecified atom stereocenters. The molecule has 10 nitrogen and oxygen atoms in total. The lowest BCUT2D eigenvalue weighted by atomic mass is 10.2. The summed E-state index contributed by atoms with van der Waals surface area (Å²) in [6, 6.07) is -0.798. The molecule has 5 N–H and O–H groups in total. The number of hydrazone groups is 3. The number of primary amides is 1. The first-order valence-electron chi connectivity index (χ1n) is 5.70. The number of rotatable bonds is 4. The lowest BCUT2D eigenvalue weighted by molar-refractivity contribution is -0.121. The second kappa shape index (κ2) is 6.97. The Morgan fingerprint density at radius 1 is 1.20 bits per heavy atom. The Kier molecular flexibility index (Phi) is 5.32. The van der Waals surface area contributed by atoms with E-state index in [1.165, 1.54) is 0 Å². The van der Waals surface area contributed by atoms with E-state index in [0.717, 1.165) is 0 Å². The molecule has 0 saturated carbocycles. The summed E-state index contributed by atoms with van der Waals surface area (Å²) in [6.07, 6.45) is 0.459. The second-order valence-corrected chi connectivity index (χ2v) is 3.90. The Labute approximate surface area is 114 Å². The number of nitrogens with one attached hydrogen (secondary N) is 3. The topological polar surface area (TPSA) is 150 Å². The van der Waals surface area contributed by atoms with Gasteiger partial charge in [-0.3, -0.25) is 9.59 Å². The van der Waals surface area contributed by atoms with Crippen LogP contribution in [0.2, 0.25) is 0 Å². The summed E-state index contributed by atoms with van der Waals surface area (Å²) in [5.74, 6) is -0.748. The summed E-state index contributed by atoms with van der Waals surface area (Å²) in [5.41, 5.74) is 12.3. The molecular formula is C10H15N7O3. The van der Waals surface area contributed by atoms with Gasteiger partial charge in [0.25, 0.3) is 5.91 Å². The van der Waals surface area contributed by atoms with E-state index >= 15 is 0 Å². The summed E-state index contributed by atoms with van der Waals surface area (Å²) in [6.45, 7) is 3.17. The van der Waals surface area contributed by atoms with Crippen molar-refractivity contribution in [2.24, 2.45) is 21.0 Å². The number of carbonyl (C=O) groups excluding carboxylic acids is 3. The van der Waals surface area contributed by atoms with Gasteiger partial charge in [-0.15, -0.1) is 0 Å². The van der Waals surface area contributed by atoms with E-state index in [2.05, 4.69) is 26.2 Å². The summed E-state index contributed by atoms with van der Waals surface area (Å²) in [7, 11) is 0. The number of carbonyl (C=O) groups is 3. The molecule has 4 amide bonds. The number of urea groups is 1. The highest BCUT2D eigenvalue weighted by molar-refractivity contribution is 6.42. The number of hydrogen-bond donors (Lipinski definition) is 4. The van der Waals surface area contributed by atoms with Crippen molar-refractivity contribution in [3.63, 3.8) is 0 Å². The third-order valence-electron chi connectivity index (χ3n) is 2.35. The van der Waals surface area contributed by atoms with E-state index in [0.29, 0.717) is 11.4 Å². The Morgan fingerprint density at radius 3 is 2.30 bits per heavy atom. The maximum absolute atomic E-state index is 11.7. The van der Waals surface area contributed by atoms with Crippen LogP contribution < -0.4 is 22.0 Å². The molecule has 0 atom stereocenters. The molecule has 0 fully saturated rings. The van der Waals surface area contributed by atoms with Crippen molar-refractivity contribution in [3.05, 3.63) is 0 Å². The van der Waals surface area contributed by atoms with Crippen LogP contribution in [-0.2, 0) is 9.59 Å². The van der Waals surface area contributed by atoms with Crippen molar-refractivity contribution in [2.75, 3.05) is 0 Å². The first-order chi connectivity index (χ1) is 9.40. The molecular weight excluding hydrogens is 266 g/mol. The molecule has 0 radical (unpaired) electrons. The smallest absolute Gasteiger partial charge is 0.332 e. The predicted molar refractivity (Wildman–Crippen MR) is 71.9 cm³/mol. The molecule has 0 aliphatic carbocycles. The minimum absolute atomic E-state index is 0.186. The van der Waals surface area contributed by atoms with Crippen LogP contribution in [0, 0.1) is 0 Å². The van der Waals surface area contributed by atoms with Gasteiger partial charge < -0.3 is 5.73 Å². The molecule has 1 heterocycles. The maximum atomic E-state index is 11.7. The summed E-state index contributed by atoms with van der Waals surface area (Å²) in [4.78, 5) is 33.0. The molecule has 0 bridgehead atoms. The van der Waals surface area contributed by atoms with E-state index in [-0.39, 0.29) is 24.5 Å². The van der Waals surface area contributed by atoms with Crippen LogP contribution in [0.3, 0.4) is 0 Å². The van der Waals surface area contributed by atoms with Gasteiger partial charge in [-0.1, -0.05) is 0 Å². The maximum Gasteiger partial charge on any atom is 0.332 e. The van der Waals surface area contributed by atoms with E-state index < -0.39 is 11.9 Å². The third-order valence-corrected chi connectivity index (χ3v) is 2.35. The van der Waals surface area contributed by atoms with Crippen LogP contribution in [0.4, 0.5) is 4.79 Å². The van der Waals surface area contributed by atoms with E-state index in [4.69, 9.17) is 5.73 Å². The molecule has 10 heteroatoms. The van der Waals surface area contributed by atoms with E-state index in [1.807, 2.05) is 5.43 Å². The SMILES string of the molecule is CC(=NNC(N)=O)C(C)=NNC(=O)C1=NNC(=O)CC1. The van der Waals surface area contributed by atoms with Crippen LogP contribution in [-0.4, -0.2) is 35.0 Å². The molecule has 1 aliphatic rings. The van der Waals surface area contributed by atoms with E-state index in [9.17, 15) is 14.4 Å². The van der Waals surface area contributed by atoms with Crippen LogP contribution in [0.1, 0.15) is 26.7 Å². The quantitative estimate of drug-likeness (QED) is 0.378. The zero-order valence-corrected chi connectivity index (χ0v) is 11.1. The Balaban J connectivity index is 2.58. The van der Waals surface area contributed by atoms with Crippen molar-refractivity contribution in [1.82, 2.24) is 16.3 Å². The monoisotopic (exact) mass is 281 g/mol. The molecule has 0 aromatic carbocycles. The van der Waals surface area contributed by atoms with Gasteiger partial charge >= 0.3 is 6.03 Å². The second-order valence-electron chi connectivity index (χ2n) is 3.90. The molecule has 1 aliphatic heterocycles. The van der Waals surface area contributed by atoms with E-state index in [1.54, 1.807) is 13.8 Å². The fourth-order valence-electron chi connectivity index (χ4n) is 1.14. The van der Waals surface area contributed by atoms with Gasteiger partial charge in [0.2, 0.25) is 5.91 Å². The van der Waals surface area contributed by atoms with Crippen LogP contribution in [0.15, 0.2) is 15.3 Å². The van der Waals surface area contributed by atoms with Crippen LogP contribution >= 0.6 is 0 Å². The van der Waals surface area contributed by atoms with Crippen molar-refractivity contribution < 1.29 is 14.4 Å². The molecule has 20 heavy (non-hydrogen) atoms. The normalized spacial score (nSPS) is 16.1. The number of nitrogens with two attached hydrogens (primary N) is 1. The molecule has 108 valence electrons. The summed E-state index contributed by atoms with van der Waals surface area (Å²) < 4.78 is 0. The van der Waals surface area contributed by atoms with Crippen molar-refractivity contribution in [3.8, 4) is 0 Å². The van der Waals surface area contributed by atoms with Gasteiger partial charge in [-0.05, 0) is 13.8 Å². The molecule has 0 saturated heterocycles. The van der Waals surface area contributed by atoms with Gasteiger partial charge in [0, 0.05) is 12.8 Å². The molecule has 0 aromatic rings. The third kappa shape index (κ3) is 4.84. The lowest BCUT2D eigenvalue weighted by Crippen LogP contribution is -2.35. The Morgan fingerprint density at radius 2 is 1.80 bits per heavy atom. The number of amides is 4. The summed E-state index contributed by atoms with van der Waals surface area (Å²) >= 11 is 0. The van der Waals surface area contributed by atoms with Gasteiger partial charge in [0.15, 0.2) is 0 Å². The fraction of sp³-hybridized carbons (Fsp3) is 0.400. The summed E-state index contributed by atoms with van der Waals surface area (Å²) in [5, 5.41) is 11.1. The first kappa shape index (κ1) is 15.3. The average Bonchev–Trinajstić information content (AvgIpc) is 2.42. The number of nitrogens with zero attached hydrogens (tertiary/aromatic N) is 3. The molecule has 0 aromatic heterocycles. The number of hydrogen-bond acceptors (Lipinski definition) is 6. The minimum atomic E-state index is -0.798. The van der Waals surface area contributed by atoms with Crippen LogP contribution in [0.25, 0.3) is 0 Å². The van der Waals surface area contributed by atoms with Crippen molar-refractivity contribution in [1.29, 1.82) is 0 Å². The van der Waals surface area contributed by atoms with Gasteiger partial charge in [0.05, 0.1) is 11.4 Å². The standard InChI is InChI=1S/C10H15N7O3/c1-5(6(2)13-17-10(11)20)12-16-9(19)7-3-4-8(18)15-14-7/h3-4H2,1-2H3,(H,15,18)(H,16,19)(H3,11,17,20). The fourth-order valence-corrected chi connectivity index (χ4v) is 1.14. The first-order valence-corrected chi connectivity index (χ1v) is 5.70. The van der Waals surface area contributed by atoms with Crippen molar-refractivity contribution >= 4 is 35.0 Å². The van der Waals surface area contributed by atoms with Gasteiger partial charge in [-0.25, -0.2) is 21.1 Å². The minimum Gasteiger partial charge on any atom is -0.350 e. The zero-order valence-electron chi connectivity index (χ0n) is 11.1. The predicted octanol–water partition coefficient (Wildman–Crippen LogP) is -1.21. The Bertz CT molecular complexity index is 521. The van der Waals surface area contributed by atoms with Crippen molar-refractivity contribution in [2.45, 2.75) is 26.7 Å². The highest BCUT2D eigenvalue weighted by Crippen LogP contribution is 1.99. The molecule has 1 rings (SSSR count). The zero-order chi connectivity index (χ0) is 15.1. The molecule has 0 spiro atoms. The van der Waals surface area contributed by atoms with Gasteiger partial charge in [-0.2, -0.15) is 15.3 Å². The Hall–Kier alpha value is -2.78. The largest absolute Gasteiger partial charge is 0.350 e. The highest BCUT2D eigenvalue weighted by Gasteiger charge is 2.17. The highest BCUT2D eigenvalue weighted by atomic mass is 16.2. The average molecular weight is 281 g/mol. The van der Waals surface area contributed by atoms with Crippen LogP contribution in [0.5, 0.6) is 0 Å².